The minimum absolute atomic E-state index is 0.157. The molecule has 1 aromatic heterocycles. The molecule has 2 rings (SSSR count). The van der Waals surface area contributed by atoms with Crippen molar-refractivity contribution in [1.29, 1.82) is 0 Å². The Morgan fingerprint density at radius 2 is 1.86 bits per heavy atom. The molecule has 0 radical (unpaired) electrons. The molecule has 0 bridgehead atoms. The number of carbonyl (C=O) groups excluding carboxylic acids is 2. The molecule has 0 aliphatic carbocycles. The second-order valence-electron chi connectivity index (χ2n) is 4.48. The Morgan fingerprint density at radius 1 is 1.19 bits per heavy atom. The number of rotatable bonds is 5. The summed E-state index contributed by atoms with van der Waals surface area (Å²) in [6.45, 7) is 4.97. The van der Waals surface area contributed by atoms with Gasteiger partial charge in [-0.15, -0.1) is 0 Å². The molecule has 2 aromatic rings. The maximum atomic E-state index is 12.4. The minimum atomic E-state index is -0.600. The van der Waals surface area contributed by atoms with Crippen molar-refractivity contribution in [2.45, 2.75) is 13.8 Å². The van der Waals surface area contributed by atoms with Crippen LogP contribution in [-0.4, -0.2) is 34.8 Å². The van der Waals surface area contributed by atoms with E-state index in [1.807, 2.05) is 13.8 Å². The van der Waals surface area contributed by atoms with Gasteiger partial charge in [0, 0.05) is 29.8 Å². The van der Waals surface area contributed by atoms with E-state index in [1.165, 1.54) is 18.5 Å². The Labute approximate surface area is 122 Å². The molecule has 0 fully saturated rings. The number of hydrogen-bond acceptors (Lipinski definition) is 4. The summed E-state index contributed by atoms with van der Waals surface area (Å²) in [6.07, 6.45) is 2.93. The summed E-state index contributed by atoms with van der Waals surface area (Å²) >= 11 is 0. The van der Waals surface area contributed by atoms with E-state index in [1.54, 1.807) is 17.0 Å². The summed E-state index contributed by atoms with van der Waals surface area (Å²) in [7, 11) is 0. The van der Waals surface area contributed by atoms with Crippen molar-refractivity contribution < 1.29 is 14.0 Å². The van der Waals surface area contributed by atoms with Crippen molar-refractivity contribution >= 4 is 11.8 Å². The Kier molecular flexibility index (Phi) is 4.37. The highest BCUT2D eigenvalue weighted by Gasteiger charge is 2.17. The second-order valence-corrected chi connectivity index (χ2v) is 4.48. The number of hydrogen-bond donors (Lipinski definition) is 1. The molecule has 0 atom stereocenters. The van der Waals surface area contributed by atoms with Crippen molar-refractivity contribution in [1.82, 2.24) is 9.88 Å². The monoisotopic (exact) mass is 287 g/mol. The van der Waals surface area contributed by atoms with Crippen LogP contribution >= 0.6 is 0 Å². The lowest BCUT2D eigenvalue weighted by Crippen LogP contribution is -2.30. The summed E-state index contributed by atoms with van der Waals surface area (Å²) in [5.74, 6) is -0.417. The van der Waals surface area contributed by atoms with Gasteiger partial charge in [0.05, 0.1) is 6.20 Å². The fourth-order valence-corrected chi connectivity index (χ4v) is 2.08. The second kappa shape index (κ2) is 6.21. The van der Waals surface area contributed by atoms with E-state index in [0.29, 0.717) is 30.1 Å². The van der Waals surface area contributed by atoms with Crippen LogP contribution < -0.4 is 5.73 Å². The molecule has 110 valence electrons. The van der Waals surface area contributed by atoms with Crippen molar-refractivity contribution in [2.75, 3.05) is 13.1 Å². The highest BCUT2D eigenvalue weighted by atomic mass is 16.3. The van der Waals surface area contributed by atoms with Crippen LogP contribution in [-0.2, 0) is 0 Å². The predicted octanol–water partition coefficient (Wildman–Crippen LogP) is 1.92. The molecule has 1 heterocycles. The van der Waals surface area contributed by atoms with Gasteiger partial charge < -0.3 is 15.1 Å². The van der Waals surface area contributed by atoms with Gasteiger partial charge >= 0.3 is 0 Å². The topological polar surface area (TPSA) is 89.4 Å². The molecule has 0 aliphatic heterocycles. The number of aromatic nitrogens is 1. The fraction of sp³-hybridized carbons (Fsp3) is 0.267. The van der Waals surface area contributed by atoms with Crippen LogP contribution in [0, 0.1) is 0 Å². The summed E-state index contributed by atoms with van der Waals surface area (Å²) in [6, 6.07) is 4.71. The number of oxazole rings is 1. The normalized spacial score (nSPS) is 10.4. The van der Waals surface area contributed by atoms with Gasteiger partial charge in [0.1, 0.15) is 6.26 Å². The zero-order chi connectivity index (χ0) is 15.4. The molecule has 0 spiro atoms. The maximum absolute atomic E-state index is 12.4. The van der Waals surface area contributed by atoms with E-state index < -0.39 is 5.91 Å². The zero-order valence-electron chi connectivity index (χ0n) is 12.0. The van der Waals surface area contributed by atoms with Gasteiger partial charge in [-0.25, -0.2) is 4.98 Å². The quantitative estimate of drug-likeness (QED) is 0.909. The van der Waals surface area contributed by atoms with Gasteiger partial charge in [-0.05, 0) is 32.0 Å². The van der Waals surface area contributed by atoms with Crippen molar-refractivity contribution in [2.24, 2.45) is 5.73 Å². The van der Waals surface area contributed by atoms with E-state index in [9.17, 15) is 9.59 Å². The van der Waals surface area contributed by atoms with Crippen molar-refractivity contribution in [3.8, 4) is 11.5 Å². The summed E-state index contributed by atoms with van der Waals surface area (Å²) < 4.78 is 5.21. The first-order chi connectivity index (χ1) is 10.1. The molecular weight excluding hydrogens is 270 g/mol. The molecule has 6 heteroatoms. The Morgan fingerprint density at radius 3 is 2.38 bits per heavy atom. The summed E-state index contributed by atoms with van der Waals surface area (Å²) in [5.41, 5.74) is 6.52. The smallest absolute Gasteiger partial charge is 0.253 e. The van der Waals surface area contributed by atoms with Crippen LogP contribution in [0.2, 0.25) is 0 Å². The molecule has 0 saturated carbocycles. The number of nitrogens with two attached hydrogens (primary N) is 1. The fourth-order valence-electron chi connectivity index (χ4n) is 2.08. The molecule has 21 heavy (non-hydrogen) atoms. The third-order valence-electron chi connectivity index (χ3n) is 3.19. The summed E-state index contributed by atoms with van der Waals surface area (Å²) in [5, 5.41) is 0. The number of benzene rings is 1. The highest BCUT2D eigenvalue weighted by molar-refractivity contribution is 6.00. The van der Waals surface area contributed by atoms with Gasteiger partial charge in [0.25, 0.3) is 5.91 Å². The Balaban J connectivity index is 2.51. The Hall–Kier alpha value is -2.63. The largest absolute Gasteiger partial charge is 0.445 e. The average molecular weight is 287 g/mol. The standard InChI is InChI=1S/C15H17N3O3/c1-3-18(4-2)15(20)12-8-10(13(16)19)7-11(9-12)14-17-5-6-21-14/h5-9H,3-4H2,1-2H3,(H2,16,19). The molecule has 2 amide bonds. The zero-order valence-corrected chi connectivity index (χ0v) is 12.0. The number of amides is 2. The molecular formula is C15H17N3O3. The average Bonchev–Trinajstić information content (AvgIpc) is 3.02. The number of primary amides is 1. The Bertz CT molecular complexity index is 646. The highest BCUT2D eigenvalue weighted by Crippen LogP contribution is 2.22. The maximum Gasteiger partial charge on any atom is 0.253 e. The molecule has 0 unspecified atom stereocenters. The SMILES string of the molecule is CCN(CC)C(=O)c1cc(C(N)=O)cc(-c2ncco2)c1. The van der Waals surface area contributed by atoms with Crippen LogP contribution in [0.5, 0.6) is 0 Å². The van der Waals surface area contributed by atoms with Gasteiger partial charge in [-0.2, -0.15) is 0 Å². The van der Waals surface area contributed by atoms with Crippen molar-refractivity contribution in [3.05, 3.63) is 41.8 Å². The summed E-state index contributed by atoms with van der Waals surface area (Å²) in [4.78, 5) is 29.6. The van der Waals surface area contributed by atoms with Gasteiger partial charge in [0.15, 0.2) is 0 Å². The first-order valence-corrected chi connectivity index (χ1v) is 6.70. The van der Waals surface area contributed by atoms with Crippen LogP contribution in [0.4, 0.5) is 0 Å². The third-order valence-corrected chi connectivity index (χ3v) is 3.19. The lowest BCUT2D eigenvalue weighted by atomic mass is 10.0. The van der Waals surface area contributed by atoms with Crippen LogP contribution in [0.1, 0.15) is 34.6 Å². The number of nitrogens with zero attached hydrogens (tertiary/aromatic N) is 2. The predicted molar refractivity (Wildman–Crippen MR) is 77.7 cm³/mol. The minimum Gasteiger partial charge on any atom is -0.445 e. The van der Waals surface area contributed by atoms with Crippen LogP contribution in [0.3, 0.4) is 0 Å². The van der Waals surface area contributed by atoms with E-state index in [0.717, 1.165) is 0 Å². The van der Waals surface area contributed by atoms with Crippen LogP contribution in [0.25, 0.3) is 11.5 Å². The third kappa shape index (κ3) is 3.10. The van der Waals surface area contributed by atoms with E-state index in [-0.39, 0.29) is 11.5 Å². The van der Waals surface area contributed by atoms with Gasteiger partial charge in [-0.1, -0.05) is 0 Å². The lowest BCUT2D eigenvalue weighted by Gasteiger charge is -2.19. The molecule has 2 N–H and O–H groups in total. The first kappa shape index (κ1) is 14.8. The molecule has 1 aromatic carbocycles. The van der Waals surface area contributed by atoms with E-state index in [2.05, 4.69) is 4.98 Å². The molecule has 6 nitrogen and oxygen atoms in total. The van der Waals surface area contributed by atoms with Crippen LogP contribution in [0.15, 0.2) is 35.1 Å². The van der Waals surface area contributed by atoms with Gasteiger partial charge in [-0.3, -0.25) is 9.59 Å². The molecule has 0 aliphatic rings. The first-order valence-electron chi connectivity index (χ1n) is 6.70. The van der Waals surface area contributed by atoms with Crippen molar-refractivity contribution in [3.63, 3.8) is 0 Å². The molecule has 0 saturated heterocycles. The number of carbonyl (C=O) groups is 2. The van der Waals surface area contributed by atoms with Gasteiger partial charge in [0.2, 0.25) is 11.8 Å². The van der Waals surface area contributed by atoms with E-state index in [4.69, 9.17) is 10.2 Å². The lowest BCUT2D eigenvalue weighted by molar-refractivity contribution is 0.0773. The van der Waals surface area contributed by atoms with E-state index >= 15 is 0 Å².